The molecule has 1 aliphatic rings. The molecule has 0 aromatic heterocycles. The SMILES string of the molecule is CC(C)(C)[C@H](N)C(=O)NC1CCN(CC(N)=O)CC1. The minimum Gasteiger partial charge on any atom is -0.369 e. The number of carbonyl (C=O) groups is 2. The fourth-order valence-electron chi connectivity index (χ4n) is 2.14. The van der Waals surface area contributed by atoms with E-state index in [0.29, 0.717) is 6.54 Å². The Morgan fingerprint density at radius 2 is 1.84 bits per heavy atom. The van der Waals surface area contributed by atoms with Crippen LogP contribution in [0.15, 0.2) is 0 Å². The number of amides is 2. The van der Waals surface area contributed by atoms with Crippen LogP contribution in [-0.2, 0) is 9.59 Å². The van der Waals surface area contributed by atoms with Gasteiger partial charge in [-0.05, 0) is 18.3 Å². The number of nitrogens with two attached hydrogens (primary N) is 2. The zero-order valence-corrected chi connectivity index (χ0v) is 12.1. The molecule has 1 heterocycles. The van der Waals surface area contributed by atoms with Gasteiger partial charge in [0, 0.05) is 19.1 Å². The number of carbonyl (C=O) groups excluding carboxylic acids is 2. The summed E-state index contributed by atoms with van der Waals surface area (Å²) >= 11 is 0. The van der Waals surface area contributed by atoms with E-state index in [1.165, 1.54) is 0 Å². The molecule has 5 N–H and O–H groups in total. The van der Waals surface area contributed by atoms with Crippen molar-refractivity contribution < 1.29 is 9.59 Å². The average molecular weight is 270 g/mol. The summed E-state index contributed by atoms with van der Waals surface area (Å²) < 4.78 is 0. The monoisotopic (exact) mass is 270 g/mol. The molecule has 0 unspecified atom stereocenters. The maximum Gasteiger partial charge on any atom is 0.237 e. The molecule has 0 spiro atoms. The van der Waals surface area contributed by atoms with Crippen LogP contribution in [-0.4, -0.2) is 48.4 Å². The maximum atomic E-state index is 12.0. The van der Waals surface area contributed by atoms with Gasteiger partial charge in [0.15, 0.2) is 0 Å². The minimum absolute atomic E-state index is 0.0964. The number of likely N-dealkylation sites (tertiary alicyclic amines) is 1. The van der Waals surface area contributed by atoms with Crippen molar-refractivity contribution >= 4 is 11.8 Å². The van der Waals surface area contributed by atoms with E-state index in [2.05, 4.69) is 5.32 Å². The predicted molar refractivity (Wildman–Crippen MR) is 74.2 cm³/mol. The minimum atomic E-state index is -0.504. The van der Waals surface area contributed by atoms with Crippen LogP contribution in [0.1, 0.15) is 33.6 Å². The highest BCUT2D eigenvalue weighted by molar-refractivity contribution is 5.82. The Hall–Kier alpha value is -1.14. The standard InChI is InChI=1S/C13H26N4O2/c1-13(2,3)11(15)12(19)16-9-4-6-17(7-5-9)8-10(14)18/h9,11H,4-8,15H2,1-3H3,(H2,14,18)(H,16,19)/t11-/m1/s1. The van der Waals surface area contributed by atoms with Crippen molar-refractivity contribution in [3.63, 3.8) is 0 Å². The lowest BCUT2D eigenvalue weighted by Gasteiger charge is -2.33. The van der Waals surface area contributed by atoms with Crippen LogP contribution in [0.2, 0.25) is 0 Å². The third-order valence-electron chi connectivity index (χ3n) is 3.53. The summed E-state index contributed by atoms with van der Waals surface area (Å²) in [6, 6.07) is -0.360. The molecule has 1 rings (SSSR count). The summed E-state index contributed by atoms with van der Waals surface area (Å²) in [5.41, 5.74) is 10.8. The Labute approximate surface area is 114 Å². The van der Waals surface area contributed by atoms with Crippen LogP contribution < -0.4 is 16.8 Å². The number of nitrogens with one attached hydrogen (secondary N) is 1. The van der Waals surface area contributed by atoms with E-state index in [0.717, 1.165) is 25.9 Å². The van der Waals surface area contributed by atoms with Gasteiger partial charge in [0.25, 0.3) is 0 Å². The second-order valence-electron chi connectivity index (χ2n) is 6.37. The molecule has 0 aromatic rings. The van der Waals surface area contributed by atoms with Crippen molar-refractivity contribution in [2.75, 3.05) is 19.6 Å². The van der Waals surface area contributed by atoms with E-state index >= 15 is 0 Å². The van der Waals surface area contributed by atoms with Crippen LogP contribution >= 0.6 is 0 Å². The molecule has 2 amide bonds. The lowest BCUT2D eigenvalue weighted by atomic mass is 9.86. The molecule has 19 heavy (non-hydrogen) atoms. The quantitative estimate of drug-likeness (QED) is 0.636. The summed E-state index contributed by atoms with van der Waals surface area (Å²) in [7, 11) is 0. The maximum absolute atomic E-state index is 12.0. The van der Waals surface area contributed by atoms with Crippen LogP contribution in [0, 0.1) is 5.41 Å². The highest BCUT2D eigenvalue weighted by Crippen LogP contribution is 2.18. The van der Waals surface area contributed by atoms with Crippen LogP contribution in [0.5, 0.6) is 0 Å². The van der Waals surface area contributed by atoms with Crippen molar-refractivity contribution in [2.45, 2.75) is 45.7 Å². The highest BCUT2D eigenvalue weighted by Gasteiger charge is 2.29. The van der Waals surface area contributed by atoms with E-state index < -0.39 is 6.04 Å². The molecular weight excluding hydrogens is 244 g/mol. The number of hydrogen-bond donors (Lipinski definition) is 3. The summed E-state index contributed by atoms with van der Waals surface area (Å²) in [5, 5.41) is 2.99. The van der Waals surface area contributed by atoms with Gasteiger partial charge in [-0.25, -0.2) is 0 Å². The van der Waals surface area contributed by atoms with E-state index in [1.54, 1.807) is 0 Å². The van der Waals surface area contributed by atoms with Gasteiger partial charge in [0.05, 0.1) is 12.6 Å². The van der Waals surface area contributed by atoms with E-state index in [4.69, 9.17) is 11.5 Å². The first-order valence-corrected chi connectivity index (χ1v) is 6.77. The van der Waals surface area contributed by atoms with E-state index in [-0.39, 0.29) is 23.3 Å². The second-order valence-corrected chi connectivity index (χ2v) is 6.37. The summed E-state index contributed by atoms with van der Waals surface area (Å²) in [6.45, 7) is 7.70. The van der Waals surface area contributed by atoms with E-state index in [1.807, 2.05) is 25.7 Å². The van der Waals surface area contributed by atoms with Gasteiger partial charge in [-0.2, -0.15) is 0 Å². The van der Waals surface area contributed by atoms with E-state index in [9.17, 15) is 9.59 Å². The lowest BCUT2D eigenvalue weighted by Crippen LogP contribution is -2.53. The van der Waals surface area contributed by atoms with Gasteiger partial charge in [0.1, 0.15) is 0 Å². The molecule has 110 valence electrons. The first-order chi connectivity index (χ1) is 8.70. The molecule has 1 aliphatic heterocycles. The summed E-state index contributed by atoms with van der Waals surface area (Å²) in [5.74, 6) is -0.405. The first-order valence-electron chi connectivity index (χ1n) is 6.77. The highest BCUT2D eigenvalue weighted by atomic mass is 16.2. The Kier molecular flexibility index (Phi) is 5.31. The molecule has 1 saturated heterocycles. The van der Waals surface area contributed by atoms with Gasteiger partial charge in [-0.15, -0.1) is 0 Å². The molecular formula is C13H26N4O2. The number of hydrogen-bond acceptors (Lipinski definition) is 4. The number of rotatable bonds is 4. The third-order valence-corrected chi connectivity index (χ3v) is 3.53. The predicted octanol–water partition coefficient (Wildman–Crippen LogP) is -0.574. The van der Waals surface area contributed by atoms with Crippen LogP contribution in [0.25, 0.3) is 0 Å². The molecule has 0 saturated carbocycles. The third kappa shape index (κ3) is 5.16. The van der Waals surface area contributed by atoms with Gasteiger partial charge >= 0.3 is 0 Å². The number of piperidine rings is 1. The topological polar surface area (TPSA) is 101 Å². The molecule has 0 aliphatic carbocycles. The Morgan fingerprint density at radius 3 is 2.26 bits per heavy atom. The normalized spacial score (nSPS) is 20.0. The molecule has 1 atom stereocenters. The first kappa shape index (κ1) is 15.9. The molecule has 0 radical (unpaired) electrons. The Balaban J connectivity index is 2.37. The molecule has 6 nitrogen and oxygen atoms in total. The Bertz CT molecular complexity index is 330. The largest absolute Gasteiger partial charge is 0.369 e. The van der Waals surface area contributed by atoms with Crippen molar-refractivity contribution in [2.24, 2.45) is 16.9 Å². The van der Waals surface area contributed by atoms with Gasteiger partial charge in [0.2, 0.25) is 11.8 Å². The number of primary amides is 1. The van der Waals surface area contributed by atoms with Crippen LogP contribution in [0.4, 0.5) is 0 Å². The zero-order valence-electron chi connectivity index (χ0n) is 12.1. The van der Waals surface area contributed by atoms with Gasteiger partial charge in [-0.3, -0.25) is 14.5 Å². The van der Waals surface area contributed by atoms with Crippen LogP contribution in [0.3, 0.4) is 0 Å². The van der Waals surface area contributed by atoms with Crippen molar-refractivity contribution in [1.82, 2.24) is 10.2 Å². The zero-order chi connectivity index (χ0) is 14.6. The fraction of sp³-hybridized carbons (Fsp3) is 0.846. The van der Waals surface area contributed by atoms with Crippen molar-refractivity contribution in [3.05, 3.63) is 0 Å². The van der Waals surface area contributed by atoms with Crippen molar-refractivity contribution in [3.8, 4) is 0 Å². The average Bonchev–Trinajstić information content (AvgIpc) is 2.28. The molecule has 0 aromatic carbocycles. The number of nitrogens with zero attached hydrogens (tertiary/aromatic N) is 1. The van der Waals surface area contributed by atoms with Gasteiger partial charge in [-0.1, -0.05) is 20.8 Å². The van der Waals surface area contributed by atoms with Gasteiger partial charge < -0.3 is 16.8 Å². The molecule has 6 heteroatoms. The Morgan fingerprint density at radius 1 is 1.32 bits per heavy atom. The molecule has 0 bridgehead atoms. The summed E-state index contributed by atoms with van der Waals surface area (Å²) in [4.78, 5) is 24.8. The second kappa shape index (κ2) is 6.34. The molecule has 1 fully saturated rings. The van der Waals surface area contributed by atoms with Crippen molar-refractivity contribution in [1.29, 1.82) is 0 Å². The smallest absolute Gasteiger partial charge is 0.237 e. The fourth-order valence-corrected chi connectivity index (χ4v) is 2.14. The lowest BCUT2D eigenvalue weighted by molar-refractivity contribution is -0.126. The summed E-state index contributed by atoms with van der Waals surface area (Å²) in [6.07, 6.45) is 1.66.